The molecule has 2 N–H and O–H groups in total. The fourth-order valence-corrected chi connectivity index (χ4v) is 2.07. The van der Waals surface area contributed by atoms with E-state index in [9.17, 15) is 4.79 Å². The van der Waals surface area contributed by atoms with Crippen molar-refractivity contribution in [3.8, 4) is 0 Å². The summed E-state index contributed by atoms with van der Waals surface area (Å²) in [6, 6.07) is 1.96. The van der Waals surface area contributed by atoms with Crippen molar-refractivity contribution in [1.29, 1.82) is 0 Å². The van der Waals surface area contributed by atoms with Crippen molar-refractivity contribution >= 4 is 34.5 Å². The number of nitrogens with zero attached hydrogens (tertiary/aromatic N) is 1. The maximum Gasteiger partial charge on any atom is 0.227 e. The molecule has 1 rings (SSSR count). The second kappa shape index (κ2) is 5.82. The van der Waals surface area contributed by atoms with Crippen LogP contribution in [0.1, 0.15) is 12.5 Å². The van der Waals surface area contributed by atoms with Crippen LogP contribution >= 0.6 is 23.6 Å². The van der Waals surface area contributed by atoms with Gasteiger partial charge in [-0.1, -0.05) is 12.2 Å². The number of hydrogen-bond donors (Lipinski definition) is 1. The van der Waals surface area contributed by atoms with E-state index in [2.05, 4.69) is 0 Å². The van der Waals surface area contributed by atoms with Crippen LogP contribution in [0.2, 0.25) is 0 Å². The number of amides is 1. The van der Waals surface area contributed by atoms with Crippen LogP contribution in [0.4, 0.5) is 0 Å². The van der Waals surface area contributed by atoms with Gasteiger partial charge in [0.05, 0.1) is 18.0 Å². The van der Waals surface area contributed by atoms with E-state index in [-0.39, 0.29) is 5.91 Å². The zero-order chi connectivity index (χ0) is 11.3. The molecule has 0 fully saturated rings. The second-order valence-electron chi connectivity index (χ2n) is 3.18. The summed E-state index contributed by atoms with van der Waals surface area (Å²) in [5, 5.41) is 3.94. The molecule has 82 valence electrons. The first-order valence-corrected chi connectivity index (χ1v) is 6.05. The number of likely N-dealkylation sites (N-methyl/N-ethyl adjacent to an activating group) is 1. The molecule has 15 heavy (non-hydrogen) atoms. The average Bonchev–Trinajstić information content (AvgIpc) is 2.66. The third kappa shape index (κ3) is 3.97. The Kier molecular flexibility index (Phi) is 4.71. The molecule has 0 aliphatic carbocycles. The first kappa shape index (κ1) is 12.1. The van der Waals surface area contributed by atoms with Crippen molar-refractivity contribution in [2.75, 3.05) is 13.1 Å². The van der Waals surface area contributed by atoms with Crippen LogP contribution in [-0.2, 0) is 11.2 Å². The van der Waals surface area contributed by atoms with Gasteiger partial charge in [0.25, 0.3) is 0 Å². The lowest BCUT2D eigenvalue weighted by Gasteiger charge is -2.19. The zero-order valence-corrected chi connectivity index (χ0v) is 10.2. The normalized spacial score (nSPS) is 9.93. The first-order valence-electron chi connectivity index (χ1n) is 4.70. The van der Waals surface area contributed by atoms with Crippen molar-refractivity contribution in [3.05, 3.63) is 22.4 Å². The first-order chi connectivity index (χ1) is 7.13. The van der Waals surface area contributed by atoms with Crippen molar-refractivity contribution in [1.82, 2.24) is 4.90 Å². The van der Waals surface area contributed by atoms with Crippen LogP contribution in [0, 0.1) is 0 Å². The topological polar surface area (TPSA) is 46.3 Å². The molecule has 0 aliphatic heterocycles. The number of carbonyl (C=O) groups is 1. The third-order valence-corrected chi connectivity index (χ3v) is 2.88. The largest absolute Gasteiger partial charge is 0.392 e. The van der Waals surface area contributed by atoms with Gasteiger partial charge in [-0.05, 0) is 29.3 Å². The highest BCUT2D eigenvalue weighted by Crippen LogP contribution is 2.08. The van der Waals surface area contributed by atoms with Crippen molar-refractivity contribution in [3.63, 3.8) is 0 Å². The van der Waals surface area contributed by atoms with E-state index >= 15 is 0 Å². The lowest BCUT2D eigenvalue weighted by atomic mass is 10.2. The molecule has 5 heteroatoms. The highest BCUT2D eigenvalue weighted by atomic mass is 32.1. The van der Waals surface area contributed by atoms with Gasteiger partial charge in [-0.15, -0.1) is 0 Å². The fourth-order valence-electron chi connectivity index (χ4n) is 1.24. The van der Waals surface area contributed by atoms with Crippen LogP contribution in [0.25, 0.3) is 0 Å². The van der Waals surface area contributed by atoms with Crippen molar-refractivity contribution in [2.24, 2.45) is 5.73 Å². The Morgan fingerprint density at radius 3 is 2.87 bits per heavy atom. The van der Waals surface area contributed by atoms with Crippen LogP contribution in [0.3, 0.4) is 0 Å². The Bertz CT molecular complexity index is 335. The van der Waals surface area contributed by atoms with Gasteiger partial charge in [-0.25, -0.2) is 0 Å². The van der Waals surface area contributed by atoms with E-state index in [1.807, 2.05) is 23.8 Å². The number of rotatable bonds is 5. The van der Waals surface area contributed by atoms with Gasteiger partial charge in [-0.3, -0.25) is 4.79 Å². The minimum atomic E-state index is 0.0729. The van der Waals surface area contributed by atoms with E-state index in [4.69, 9.17) is 18.0 Å². The van der Waals surface area contributed by atoms with E-state index in [0.29, 0.717) is 24.5 Å². The molecule has 1 heterocycles. The van der Waals surface area contributed by atoms with E-state index < -0.39 is 0 Å². The molecule has 0 unspecified atom stereocenters. The Labute approximate surface area is 98.9 Å². The van der Waals surface area contributed by atoms with Crippen molar-refractivity contribution < 1.29 is 4.79 Å². The lowest BCUT2D eigenvalue weighted by Crippen LogP contribution is -2.38. The molecule has 0 saturated heterocycles. The molecule has 1 aromatic heterocycles. The maximum atomic E-state index is 11.8. The summed E-state index contributed by atoms with van der Waals surface area (Å²) in [6.45, 7) is 2.93. The number of carbonyl (C=O) groups excluding carboxylic acids is 1. The molecule has 0 aromatic carbocycles. The molecule has 0 bridgehead atoms. The van der Waals surface area contributed by atoms with Crippen LogP contribution in [0.15, 0.2) is 16.8 Å². The van der Waals surface area contributed by atoms with Gasteiger partial charge in [-0.2, -0.15) is 11.3 Å². The van der Waals surface area contributed by atoms with Crippen LogP contribution < -0.4 is 5.73 Å². The molecule has 0 saturated carbocycles. The van der Waals surface area contributed by atoms with Gasteiger partial charge in [0.15, 0.2) is 0 Å². The third-order valence-electron chi connectivity index (χ3n) is 2.02. The monoisotopic (exact) mass is 242 g/mol. The van der Waals surface area contributed by atoms with Gasteiger partial charge in [0.2, 0.25) is 5.91 Å². The maximum absolute atomic E-state index is 11.8. The SMILES string of the molecule is CCN(CC(N)=S)C(=O)Cc1ccsc1. The summed E-state index contributed by atoms with van der Waals surface area (Å²) in [7, 11) is 0. The molecule has 0 spiro atoms. The Morgan fingerprint density at radius 2 is 2.40 bits per heavy atom. The Morgan fingerprint density at radius 1 is 1.67 bits per heavy atom. The fraction of sp³-hybridized carbons (Fsp3) is 0.400. The van der Waals surface area contributed by atoms with Gasteiger partial charge >= 0.3 is 0 Å². The predicted molar refractivity (Wildman–Crippen MR) is 67.1 cm³/mol. The predicted octanol–water partition coefficient (Wildman–Crippen LogP) is 1.43. The highest BCUT2D eigenvalue weighted by molar-refractivity contribution is 7.80. The Hall–Kier alpha value is -0.940. The van der Waals surface area contributed by atoms with Gasteiger partial charge in [0.1, 0.15) is 0 Å². The van der Waals surface area contributed by atoms with Crippen LogP contribution in [-0.4, -0.2) is 28.9 Å². The molecule has 0 radical (unpaired) electrons. The molecule has 1 aromatic rings. The number of nitrogens with two attached hydrogens (primary N) is 1. The Balaban J connectivity index is 2.54. The summed E-state index contributed by atoms with van der Waals surface area (Å²) in [5.74, 6) is 0.0729. The van der Waals surface area contributed by atoms with Gasteiger partial charge in [0, 0.05) is 6.54 Å². The average molecular weight is 242 g/mol. The molecular weight excluding hydrogens is 228 g/mol. The molecule has 0 atom stereocenters. The van der Waals surface area contributed by atoms with E-state index in [0.717, 1.165) is 5.56 Å². The number of thiocarbonyl (C=S) groups is 1. The highest BCUT2D eigenvalue weighted by Gasteiger charge is 2.12. The minimum Gasteiger partial charge on any atom is -0.392 e. The van der Waals surface area contributed by atoms with E-state index in [1.165, 1.54) is 0 Å². The smallest absolute Gasteiger partial charge is 0.227 e. The number of thiophene rings is 1. The number of hydrogen-bond acceptors (Lipinski definition) is 3. The molecule has 0 aliphatic rings. The zero-order valence-electron chi connectivity index (χ0n) is 8.60. The van der Waals surface area contributed by atoms with Gasteiger partial charge < -0.3 is 10.6 Å². The van der Waals surface area contributed by atoms with Crippen molar-refractivity contribution in [2.45, 2.75) is 13.3 Å². The van der Waals surface area contributed by atoms with Crippen LogP contribution in [0.5, 0.6) is 0 Å². The minimum absolute atomic E-state index is 0.0729. The second-order valence-corrected chi connectivity index (χ2v) is 4.49. The molecular formula is C10H14N2OS2. The summed E-state index contributed by atoms with van der Waals surface area (Å²) >= 11 is 6.38. The summed E-state index contributed by atoms with van der Waals surface area (Å²) in [6.07, 6.45) is 0.431. The summed E-state index contributed by atoms with van der Waals surface area (Å²) in [5.41, 5.74) is 6.47. The lowest BCUT2D eigenvalue weighted by molar-refractivity contribution is -0.129. The summed E-state index contributed by atoms with van der Waals surface area (Å²) < 4.78 is 0. The standard InChI is InChI=1S/C10H14N2OS2/c1-2-12(6-9(11)14)10(13)5-8-3-4-15-7-8/h3-4,7H,2,5-6H2,1H3,(H2,11,14). The molecule has 1 amide bonds. The molecule has 3 nitrogen and oxygen atoms in total. The quantitative estimate of drug-likeness (QED) is 0.794. The van der Waals surface area contributed by atoms with E-state index in [1.54, 1.807) is 16.2 Å². The summed E-state index contributed by atoms with van der Waals surface area (Å²) in [4.78, 5) is 13.8.